The van der Waals surface area contributed by atoms with Crippen LogP contribution in [-0.2, 0) is 46.4 Å². The normalized spacial score (nSPS) is 27.2. The number of nitrogens with zero attached hydrogens (tertiary/aromatic N) is 5. The van der Waals surface area contributed by atoms with E-state index in [2.05, 4.69) is 49.0 Å². The van der Waals surface area contributed by atoms with Crippen molar-refractivity contribution in [2.24, 2.45) is 29.1 Å². The maximum Gasteiger partial charge on any atom is 0.324 e. The number of benzene rings is 1. The summed E-state index contributed by atoms with van der Waals surface area (Å²) in [6.07, 6.45) is 1.24. The first-order valence-electron chi connectivity index (χ1n) is 22.3. The number of nitrogens with one attached hydrogen (secondary N) is 1. The van der Waals surface area contributed by atoms with Crippen LogP contribution in [0.25, 0.3) is 33.4 Å². The van der Waals surface area contributed by atoms with Crippen LogP contribution in [0.3, 0.4) is 0 Å². The van der Waals surface area contributed by atoms with Gasteiger partial charge in [0, 0.05) is 78.3 Å². The minimum Gasteiger partial charge on any atom is -0.464 e. The number of methoxy groups -OCH3 is 1. The number of halogens is 1. The number of Topliss-reactive ketones (excluding diaryl/α,β-unsaturated/α-hetero) is 1. The van der Waals surface area contributed by atoms with Gasteiger partial charge in [0.2, 0.25) is 11.8 Å². The summed E-state index contributed by atoms with van der Waals surface area (Å²) in [7, 11) is 1.68. The zero-order valence-corrected chi connectivity index (χ0v) is 38.8. The number of esters is 1. The number of ether oxygens (including phenoxy) is 3. The Morgan fingerprint density at radius 2 is 1.94 bits per heavy atom. The van der Waals surface area contributed by atoms with Crippen LogP contribution in [0.2, 0.25) is 0 Å². The number of hydrogen-bond donors (Lipinski definition) is 2. The number of carbonyl (C=O) groups is 4. The van der Waals surface area contributed by atoms with Gasteiger partial charge in [-0.1, -0.05) is 26.8 Å². The number of cyclic esters (lactones) is 1. The lowest BCUT2D eigenvalue weighted by Crippen LogP contribution is -2.58. The summed E-state index contributed by atoms with van der Waals surface area (Å²) in [5, 5.41) is 3.68. The van der Waals surface area contributed by atoms with Crippen LogP contribution in [0.15, 0.2) is 41.9 Å². The number of alkyl halides is 1. The van der Waals surface area contributed by atoms with Gasteiger partial charge in [-0.3, -0.25) is 29.2 Å². The summed E-state index contributed by atoms with van der Waals surface area (Å²) >= 11 is 6.27. The van der Waals surface area contributed by atoms with Gasteiger partial charge >= 0.3 is 5.97 Å². The molecule has 1 saturated carbocycles. The number of amides is 2. The zero-order valence-electron chi connectivity index (χ0n) is 37.1. The van der Waals surface area contributed by atoms with E-state index in [1.165, 1.54) is 21.2 Å². The molecular formula is C47H59FN6O7S2. The van der Waals surface area contributed by atoms with Gasteiger partial charge in [0.25, 0.3) is 0 Å². The first kappa shape index (κ1) is 45.4. The van der Waals surface area contributed by atoms with E-state index in [4.69, 9.17) is 36.8 Å². The van der Waals surface area contributed by atoms with Crippen molar-refractivity contribution >= 4 is 58.4 Å². The van der Waals surface area contributed by atoms with Crippen molar-refractivity contribution in [3.05, 3.63) is 58.2 Å². The maximum atomic E-state index is 15.0. The van der Waals surface area contributed by atoms with Gasteiger partial charge in [-0.15, -0.1) is 11.3 Å². The van der Waals surface area contributed by atoms with Crippen molar-refractivity contribution in [1.29, 1.82) is 0 Å². The Morgan fingerprint density at radius 3 is 2.65 bits per heavy atom. The third-order valence-corrected chi connectivity index (χ3v) is 14.9. The van der Waals surface area contributed by atoms with E-state index >= 15 is 0 Å². The molecule has 16 heteroatoms. The SMILES string of the molecule is CCO[C@@H]1c2nc(cs2)-c2ccc3c(c2)c(c(-c2cccnc2[C@H](C)OC)n3CC)CC(C)(C)COC(=O)[C@@H]2CCCN(N2)C(=O)[C@H]1C(S)C(=O)[C@@H]1[C@@H](C)[C@H]1C(=O)N1CC[C@H](F)C1. The molecular weight excluding hydrogens is 844 g/mol. The number of hydrazine groups is 1. The summed E-state index contributed by atoms with van der Waals surface area (Å²) < 4.78 is 34.8. The molecule has 4 aromatic rings. The van der Waals surface area contributed by atoms with E-state index in [-0.39, 0.29) is 56.4 Å². The zero-order chi connectivity index (χ0) is 44.9. The van der Waals surface area contributed by atoms with Gasteiger partial charge < -0.3 is 23.7 Å². The molecule has 4 aliphatic rings. The molecule has 0 radical (unpaired) electrons. The van der Waals surface area contributed by atoms with Crippen molar-refractivity contribution in [3.63, 3.8) is 0 Å². The topological polar surface area (TPSA) is 145 Å². The number of thiol groups is 1. The molecule has 3 aromatic heterocycles. The molecule has 338 valence electrons. The van der Waals surface area contributed by atoms with Crippen LogP contribution in [-0.4, -0.2) is 105 Å². The lowest BCUT2D eigenvalue weighted by Gasteiger charge is -2.38. The molecule has 1 aliphatic carbocycles. The standard InChI is InChI=1S/C47H59FN6O7S2/c1-8-53-34-15-14-27-20-30(34)31(39(53)29-12-10-17-49-38(29)26(4)59-7)21-47(5,6)24-61-46(58)32-13-11-18-54(51-32)45(57)37(41(60-9-2)43-50-33(27)23-63-43)42(62)40(55)35-25(3)36(35)44(56)52-19-16-28(48)22-52/h10,12,14-15,17,20,23,25-26,28,32,35-37,41-42,51,62H,8-9,11,13,16,18-19,21-22,24H2,1-7H3/t25-,26+,28+,32+,35-,36-,37-,41+,42?/m1/s1. The number of ketones is 1. The second-order valence-corrected chi connectivity index (χ2v) is 19.7. The fourth-order valence-electron chi connectivity index (χ4n) is 9.91. The van der Waals surface area contributed by atoms with E-state index < -0.39 is 58.6 Å². The molecule has 63 heavy (non-hydrogen) atoms. The second kappa shape index (κ2) is 18.3. The highest BCUT2D eigenvalue weighted by Crippen LogP contribution is 2.51. The summed E-state index contributed by atoms with van der Waals surface area (Å²) in [4.78, 5) is 68.4. The van der Waals surface area contributed by atoms with Crippen LogP contribution in [0.5, 0.6) is 0 Å². The number of fused-ring (bicyclic) bond motifs is 6. The molecule has 6 bridgehead atoms. The Balaban J connectivity index is 1.24. The number of thiazole rings is 1. The Morgan fingerprint density at radius 1 is 1.14 bits per heavy atom. The van der Waals surface area contributed by atoms with Gasteiger partial charge in [0.05, 0.1) is 53.4 Å². The summed E-state index contributed by atoms with van der Waals surface area (Å²) in [5.74, 6) is -4.30. The summed E-state index contributed by atoms with van der Waals surface area (Å²) in [5.41, 5.74) is 9.09. The number of aromatic nitrogens is 3. The molecule has 3 aliphatic heterocycles. The van der Waals surface area contributed by atoms with E-state index in [9.17, 15) is 23.6 Å². The number of rotatable bonds is 10. The molecule has 13 nitrogen and oxygen atoms in total. The van der Waals surface area contributed by atoms with Crippen molar-refractivity contribution in [3.8, 4) is 22.5 Å². The lowest BCUT2D eigenvalue weighted by molar-refractivity contribution is -0.158. The highest BCUT2D eigenvalue weighted by molar-refractivity contribution is 7.81. The minimum atomic E-state index is -1.19. The number of likely N-dealkylation sites (tertiary alicyclic amines) is 1. The van der Waals surface area contributed by atoms with Crippen LogP contribution in [0.1, 0.15) is 89.3 Å². The predicted octanol–water partition coefficient (Wildman–Crippen LogP) is 7.19. The van der Waals surface area contributed by atoms with Gasteiger partial charge in [0.1, 0.15) is 23.3 Å². The molecule has 0 spiro atoms. The fourth-order valence-corrected chi connectivity index (χ4v) is 11.3. The Labute approximate surface area is 377 Å². The highest BCUT2D eigenvalue weighted by Gasteiger charge is 2.60. The molecule has 2 saturated heterocycles. The number of hydrogen-bond acceptors (Lipinski definition) is 12. The van der Waals surface area contributed by atoms with Crippen molar-refractivity contribution in [1.82, 2.24) is 29.9 Å². The van der Waals surface area contributed by atoms with Crippen LogP contribution in [0, 0.1) is 29.1 Å². The summed E-state index contributed by atoms with van der Waals surface area (Å²) in [6, 6.07) is 9.52. The first-order valence-corrected chi connectivity index (χ1v) is 23.7. The third kappa shape index (κ3) is 8.70. The smallest absolute Gasteiger partial charge is 0.324 e. The van der Waals surface area contributed by atoms with E-state index in [0.29, 0.717) is 43.1 Å². The van der Waals surface area contributed by atoms with Crippen molar-refractivity contribution in [2.45, 2.75) is 103 Å². The molecule has 1 unspecified atom stereocenters. The Hall–Kier alpha value is -4.22. The third-order valence-electron chi connectivity index (χ3n) is 13.4. The largest absolute Gasteiger partial charge is 0.464 e. The molecule has 6 heterocycles. The fraction of sp³-hybridized carbons (Fsp3) is 0.574. The number of aryl methyl sites for hydroxylation is 1. The van der Waals surface area contributed by atoms with E-state index in [1.807, 2.05) is 38.3 Å². The van der Waals surface area contributed by atoms with Gasteiger partial charge in [-0.25, -0.2) is 14.8 Å². The van der Waals surface area contributed by atoms with Crippen LogP contribution in [0.4, 0.5) is 4.39 Å². The Kier molecular flexibility index (Phi) is 13.2. The van der Waals surface area contributed by atoms with Gasteiger partial charge in [-0.2, -0.15) is 12.6 Å². The second-order valence-electron chi connectivity index (χ2n) is 18.3. The maximum absolute atomic E-state index is 15.0. The number of pyridine rings is 1. The monoisotopic (exact) mass is 902 g/mol. The minimum absolute atomic E-state index is 0.0217. The number of carbonyl (C=O) groups excluding carboxylic acids is 4. The molecule has 3 fully saturated rings. The lowest BCUT2D eigenvalue weighted by atomic mass is 9.84. The molecule has 9 atom stereocenters. The first-order chi connectivity index (χ1) is 30.2. The average Bonchev–Trinajstić information content (AvgIpc) is 3.63. The van der Waals surface area contributed by atoms with Crippen molar-refractivity contribution < 1.29 is 37.8 Å². The van der Waals surface area contributed by atoms with Crippen molar-refractivity contribution in [2.75, 3.05) is 40.0 Å². The Bertz CT molecular complexity index is 2390. The molecule has 2 amide bonds. The highest BCUT2D eigenvalue weighted by atomic mass is 32.1. The van der Waals surface area contributed by atoms with E-state index in [1.54, 1.807) is 13.3 Å². The quantitative estimate of drug-likeness (QED) is 0.124. The van der Waals surface area contributed by atoms with Gasteiger partial charge in [-0.05, 0) is 82.2 Å². The van der Waals surface area contributed by atoms with Crippen LogP contribution >= 0.6 is 24.0 Å². The average molecular weight is 903 g/mol. The molecule has 8 rings (SSSR count). The van der Waals surface area contributed by atoms with Gasteiger partial charge in [0.15, 0.2) is 5.78 Å². The molecule has 1 N–H and O–H groups in total. The predicted molar refractivity (Wildman–Crippen MR) is 242 cm³/mol. The molecule has 1 aromatic carbocycles. The van der Waals surface area contributed by atoms with Crippen LogP contribution < -0.4 is 5.43 Å². The summed E-state index contributed by atoms with van der Waals surface area (Å²) in [6.45, 7) is 13.6. The van der Waals surface area contributed by atoms with E-state index in [0.717, 1.165) is 39.0 Å².